The van der Waals surface area contributed by atoms with Gasteiger partial charge in [-0.05, 0) is 161 Å². The Balaban J connectivity index is 1.18. The Kier molecular flexibility index (Phi) is 7.71. The molecule has 9 rings (SSSR count). The molecule has 0 bridgehead atoms. The van der Waals surface area contributed by atoms with Crippen LogP contribution in [0.4, 0.5) is 28.4 Å². The molecule has 0 atom stereocenters. The van der Waals surface area contributed by atoms with E-state index in [-0.39, 0.29) is 10.8 Å². The molecular weight excluding hydrogens is 641 g/mol. The van der Waals surface area contributed by atoms with Gasteiger partial charge in [-0.1, -0.05) is 101 Å². The third kappa shape index (κ3) is 5.23. The van der Waals surface area contributed by atoms with E-state index in [0.29, 0.717) is 0 Å². The summed E-state index contributed by atoms with van der Waals surface area (Å²) in [6.45, 7) is 14.3. The van der Waals surface area contributed by atoms with Crippen LogP contribution in [-0.2, 0) is 10.8 Å². The van der Waals surface area contributed by atoms with Crippen molar-refractivity contribution < 1.29 is 0 Å². The molecule has 0 amide bonds. The normalized spacial score (nSPS) is 15.5. The molecule has 0 aliphatic heterocycles. The molecule has 0 fully saturated rings. The first-order valence-corrected chi connectivity index (χ1v) is 18.9. The first kappa shape index (κ1) is 33.0. The highest BCUT2D eigenvalue weighted by atomic mass is 15.1. The van der Waals surface area contributed by atoms with Gasteiger partial charge in [0.05, 0.1) is 0 Å². The molecule has 3 aliphatic rings. The van der Waals surface area contributed by atoms with Gasteiger partial charge in [0.1, 0.15) is 0 Å². The zero-order chi connectivity index (χ0) is 36.5. The Labute approximate surface area is 315 Å². The monoisotopic (exact) mass is 686 g/mol. The number of benzene rings is 6. The number of fused-ring (bicyclic) bond motifs is 6. The standard InChI is InChI=1S/C51H46N2/c1-34-28-40(52(37-22-14-9-15-23-37)36-20-12-7-8-13-21-36)30-46-48(34)42-32-45-43(33-44(42)50(46,3)4)49-35(2)29-41(31-47(49)51(45,5)6)53(38-24-16-10-17-25-38)39-26-18-11-19-27-39/h7,9-33H,8H2,1-6H3. The maximum absolute atomic E-state index is 2.55. The lowest BCUT2D eigenvalue weighted by Crippen LogP contribution is -2.19. The summed E-state index contributed by atoms with van der Waals surface area (Å²) in [5.74, 6) is 0. The summed E-state index contributed by atoms with van der Waals surface area (Å²) in [5, 5.41) is 0. The average Bonchev–Trinajstić information content (AvgIpc) is 3.34. The van der Waals surface area contributed by atoms with E-state index in [1.54, 1.807) is 0 Å². The predicted molar refractivity (Wildman–Crippen MR) is 225 cm³/mol. The summed E-state index contributed by atoms with van der Waals surface area (Å²) in [6, 6.07) is 47.1. The van der Waals surface area contributed by atoms with Gasteiger partial charge < -0.3 is 9.80 Å². The van der Waals surface area contributed by atoms with Crippen LogP contribution in [0.5, 0.6) is 0 Å². The summed E-state index contributed by atoms with van der Waals surface area (Å²) < 4.78 is 0. The molecule has 0 heterocycles. The van der Waals surface area contributed by atoms with Crippen molar-refractivity contribution in [3.05, 3.63) is 197 Å². The Morgan fingerprint density at radius 3 is 1.36 bits per heavy atom. The number of allylic oxidation sites excluding steroid dienone is 5. The summed E-state index contributed by atoms with van der Waals surface area (Å²) in [4.78, 5) is 4.80. The number of rotatable bonds is 6. The van der Waals surface area contributed by atoms with Crippen molar-refractivity contribution in [2.24, 2.45) is 0 Å². The Hall–Kier alpha value is -5.86. The summed E-state index contributed by atoms with van der Waals surface area (Å²) in [7, 11) is 0. The minimum atomic E-state index is -0.172. The van der Waals surface area contributed by atoms with Gasteiger partial charge in [-0.25, -0.2) is 0 Å². The molecule has 53 heavy (non-hydrogen) atoms. The van der Waals surface area contributed by atoms with Gasteiger partial charge in [-0.2, -0.15) is 0 Å². The van der Waals surface area contributed by atoms with E-state index in [9.17, 15) is 0 Å². The number of anilines is 5. The summed E-state index contributed by atoms with van der Waals surface area (Å²) in [5.41, 5.74) is 20.5. The van der Waals surface area contributed by atoms with Crippen molar-refractivity contribution in [1.29, 1.82) is 0 Å². The van der Waals surface area contributed by atoms with Crippen LogP contribution in [0.2, 0.25) is 0 Å². The van der Waals surface area contributed by atoms with Crippen LogP contribution in [0.15, 0.2) is 163 Å². The molecule has 0 spiro atoms. The third-order valence-corrected chi connectivity index (χ3v) is 11.8. The van der Waals surface area contributed by atoms with Crippen molar-refractivity contribution in [2.75, 3.05) is 9.80 Å². The van der Waals surface area contributed by atoms with Gasteiger partial charge in [-0.3, -0.25) is 0 Å². The van der Waals surface area contributed by atoms with Crippen LogP contribution in [0.1, 0.15) is 67.5 Å². The summed E-state index contributed by atoms with van der Waals surface area (Å²) in [6.07, 6.45) is 12.1. The predicted octanol–water partition coefficient (Wildman–Crippen LogP) is 13.9. The number of para-hydroxylation sites is 3. The molecule has 3 aliphatic carbocycles. The average molecular weight is 687 g/mol. The lowest BCUT2D eigenvalue weighted by molar-refractivity contribution is 0.652. The van der Waals surface area contributed by atoms with Crippen LogP contribution >= 0.6 is 0 Å². The molecule has 0 radical (unpaired) electrons. The fourth-order valence-corrected chi connectivity index (χ4v) is 9.18. The van der Waals surface area contributed by atoms with Gasteiger partial charge in [0.25, 0.3) is 0 Å². The van der Waals surface area contributed by atoms with Crippen LogP contribution in [0.3, 0.4) is 0 Å². The molecule has 2 heteroatoms. The molecule has 0 unspecified atom stereocenters. The maximum atomic E-state index is 2.55. The van der Waals surface area contributed by atoms with Crippen LogP contribution in [0, 0.1) is 13.8 Å². The molecule has 0 N–H and O–H groups in total. The van der Waals surface area contributed by atoms with E-state index in [2.05, 4.69) is 209 Å². The number of aryl methyl sites for hydroxylation is 2. The van der Waals surface area contributed by atoms with E-state index >= 15 is 0 Å². The van der Waals surface area contributed by atoms with Gasteiger partial charge in [0.2, 0.25) is 0 Å². The molecule has 6 aromatic carbocycles. The number of hydrogen-bond acceptors (Lipinski definition) is 2. The number of nitrogens with zero attached hydrogens (tertiary/aromatic N) is 2. The first-order chi connectivity index (χ1) is 25.6. The molecule has 0 saturated heterocycles. The lowest BCUT2D eigenvalue weighted by atomic mass is 9.79. The highest BCUT2D eigenvalue weighted by molar-refractivity contribution is 5.94. The smallest absolute Gasteiger partial charge is 0.0467 e. The highest BCUT2D eigenvalue weighted by Gasteiger charge is 2.43. The third-order valence-electron chi connectivity index (χ3n) is 11.8. The van der Waals surface area contributed by atoms with Crippen molar-refractivity contribution in [1.82, 2.24) is 0 Å². The molecule has 2 nitrogen and oxygen atoms in total. The second kappa shape index (κ2) is 12.4. The Bertz CT molecular complexity index is 2440. The fraction of sp³-hybridized carbons (Fsp3) is 0.176. The van der Waals surface area contributed by atoms with E-state index in [4.69, 9.17) is 0 Å². The Morgan fingerprint density at radius 1 is 0.453 bits per heavy atom. The van der Waals surface area contributed by atoms with E-state index in [1.165, 1.54) is 72.7 Å². The quantitative estimate of drug-likeness (QED) is 0.172. The topological polar surface area (TPSA) is 6.48 Å². The fourth-order valence-electron chi connectivity index (χ4n) is 9.18. The van der Waals surface area contributed by atoms with Gasteiger partial charge in [0.15, 0.2) is 0 Å². The minimum Gasteiger partial charge on any atom is -0.310 e. The zero-order valence-corrected chi connectivity index (χ0v) is 31.6. The maximum Gasteiger partial charge on any atom is 0.0467 e. The van der Waals surface area contributed by atoms with Gasteiger partial charge >= 0.3 is 0 Å². The molecule has 260 valence electrons. The zero-order valence-electron chi connectivity index (χ0n) is 31.6. The van der Waals surface area contributed by atoms with Crippen LogP contribution in [-0.4, -0.2) is 0 Å². The first-order valence-electron chi connectivity index (χ1n) is 18.9. The summed E-state index contributed by atoms with van der Waals surface area (Å²) >= 11 is 0. The van der Waals surface area contributed by atoms with Crippen molar-refractivity contribution in [2.45, 2.75) is 58.8 Å². The lowest BCUT2D eigenvalue weighted by Gasteiger charge is -2.29. The van der Waals surface area contributed by atoms with E-state index in [1.807, 2.05) is 0 Å². The largest absolute Gasteiger partial charge is 0.310 e. The van der Waals surface area contributed by atoms with Crippen molar-refractivity contribution in [3.8, 4) is 22.3 Å². The van der Waals surface area contributed by atoms with Gasteiger partial charge in [0, 0.05) is 45.0 Å². The second-order valence-corrected chi connectivity index (χ2v) is 15.9. The molecule has 0 saturated carbocycles. The Morgan fingerprint density at radius 2 is 0.887 bits per heavy atom. The van der Waals surface area contributed by atoms with E-state index < -0.39 is 0 Å². The van der Waals surface area contributed by atoms with Crippen LogP contribution in [0.25, 0.3) is 22.3 Å². The number of hydrogen-bond donors (Lipinski definition) is 0. The molecule has 0 aromatic heterocycles. The van der Waals surface area contributed by atoms with Gasteiger partial charge in [-0.15, -0.1) is 0 Å². The van der Waals surface area contributed by atoms with Crippen molar-refractivity contribution >= 4 is 28.4 Å². The second-order valence-electron chi connectivity index (χ2n) is 15.9. The molecular formula is C51H46N2. The van der Waals surface area contributed by atoms with Crippen molar-refractivity contribution in [3.63, 3.8) is 0 Å². The highest BCUT2D eigenvalue weighted by Crippen LogP contribution is 2.58. The molecule has 6 aromatic rings. The minimum absolute atomic E-state index is 0.170. The SMILES string of the molecule is Cc1cc(N(C2=CC=CCC=C2)c2ccccc2)cc2c1-c1cc3c(cc1C2(C)C)-c1c(C)cc(N(c2ccccc2)c2ccccc2)cc1C3(C)C. The van der Waals surface area contributed by atoms with Crippen LogP contribution < -0.4 is 9.80 Å². The van der Waals surface area contributed by atoms with E-state index in [0.717, 1.165) is 23.5 Å².